The van der Waals surface area contributed by atoms with Crippen molar-refractivity contribution < 1.29 is 18.7 Å². The summed E-state index contributed by atoms with van der Waals surface area (Å²) in [6.45, 7) is 3.40. The van der Waals surface area contributed by atoms with Gasteiger partial charge in [0.25, 0.3) is 0 Å². The Hall–Kier alpha value is -3.15. The number of halogens is 1. The van der Waals surface area contributed by atoms with Crippen LogP contribution in [0.5, 0.6) is 5.75 Å². The Bertz CT molecular complexity index is 801. The maximum absolute atomic E-state index is 13.0. The molecule has 2 N–H and O–H groups in total. The van der Waals surface area contributed by atoms with Gasteiger partial charge in [0.05, 0.1) is 13.2 Å². The first-order chi connectivity index (χ1) is 12.9. The van der Waals surface area contributed by atoms with Crippen molar-refractivity contribution in [2.75, 3.05) is 7.11 Å². The number of hydrogen-bond acceptors (Lipinski definition) is 3. The van der Waals surface area contributed by atoms with E-state index in [0.29, 0.717) is 0 Å². The van der Waals surface area contributed by atoms with Gasteiger partial charge in [-0.2, -0.15) is 0 Å². The Morgan fingerprint density at radius 2 is 1.63 bits per heavy atom. The van der Waals surface area contributed by atoms with E-state index in [-0.39, 0.29) is 23.7 Å². The minimum Gasteiger partial charge on any atom is -0.497 e. The highest BCUT2D eigenvalue weighted by atomic mass is 19.1. The molecule has 2 atom stereocenters. The summed E-state index contributed by atoms with van der Waals surface area (Å²) in [5.41, 5.74) is 1.62. The van der Waals surface area contributed by atoms with Gasteiger partial charge in [0.1, 0.15) is 17.6 Å². The zero-order chi connectivity index (χ0) is 19.8. The zero-order valence-electron chi connectivity index (χ0n) is 15.5. The minimum atomic E-state index is -0.707. The van der Waals surface area contributed by atoms with Crippen molar-refractivity contribution in [3.8, 4) is 5.75 Å². The fraction of sp³-hybridized carbons (Fsp3) is 0.238. The lowest BCUT2D eigenvalue weighted by atomic mass is 10.1. The molecular weight excluding hydrogens is 347 g/mol. The zero-order valence-corrected chi connectivity index (χ0v) is 15.5. The van der Waals surface area contributed by atoms with E-state index in [0.717, 1.165) is 16.9 Å². The lowest BCUT2D eigenvalue weighted by Gasteiger charge is -2.18. The van der Waals surface area contributed by atoms with E-state index in [1.54, 1.807) is 51.3 Å². The number of carbonyl (C=O) groups is 2. The molecule has 0 heterocycles. The molecule has 2 unspecified atom stereocenters. The Morgan fingerprint density at radius 1 is 1.00 bits per heavy atom. The highest BCUT2D eigenvalue weighted by Gasteiger charge is 2.17. The average molecular weight is 370 g/mol. The summed E-state index contributed by atoms with van der Waals surface area (Å²) in [4.78, 5) is 24.2. The summed E-state index contributed by atoms with van der Waals surface area (Å²) in [5, 5.41) is 5.41. The molecule has 27 heavy (non-hydrogen) atoms. The van der Waals surface area contributed by atoms with Gasteiger partial charge in [-0.3, -0.25) is 9.59 Å². The molecule has 0 saturated heterocycles. The van der Waals surface area contributed by atoms with Crippen molar-refractivity contribution in [1.29, 1.82) is 0 Å². The quantitative estimate of drug-likeness (QED) is 0.736. The van der Waals surface area contributed by atoms with Crippen LogP contribution in [0.2, 0.25) is 0 Å². The van der Waals surface area contributed by atoms with Crippen LogP contribution < -0.4 is 15.4 Å². The fourth-order valence-corrected chi connectivity index (χ4v) is 2.39. The number of rotatable bonds is 7. The summed E-state index contributed by atoms with van der Waals surface area (Å²) < 4.78 is 18.0. The third kappa shape index (κ3) is 6.26. The Labute approximate surface area is 158 Å². The van der Waals surface area contributed by atoms with Gasteiger partial charge in [0.15, 0.2) is 0 Å². The van der Waals surface area contributed by atoms with Crippen molar-refractivity contribution in [1.82, 2.24) is 10.6 Å². The van der Waals surface area contributed by atoms with Crippen LogP contribution >= 0.6 is 0 Å². The highest BCUT2D eigenvalue weighted by molar-refractivity contribution is 5.95. The molecule has 0 aliphatic rings. The minimum absolute atomic E-state index is 0.299. The number of ether oxygens (including phenoxy) is 1. The number of amides is 2. The van der Waals surface area contributed by atoms with Crippen LogP contribution in [0.3, 0.4) is 0 Å². The molecule has 2 aromatic rings. The molecule has 5 nitrogen and oxygen atoms in total. The molecule has 2 amide bonds. The van der Waals surface area contributed by atoms with Crippen molar-refractivity contribution in [2.45, 2.75) is 25.9 Å². The van der Waals surface area contributed by atoms with E-state index in [2.05, 4.69) is 10.6 Å². The summed E-state index contributed by atoms with van der Waals surface area (Å²) in [6, 6.07) is 12.1. The second kappa shape index (κ2) is 9.52. The smallest absolute Gasteiger partial charge is 0.244 e. The molecule has 0 saturated carbocycles. The fourth-order valence-electron chi connectivity index (χ4n) is 2.39. The van der Waals surface area contributed by atoms with Crippen molar-refractivity contribution >= 4 is 17.9 Å². The Morgan fingerprint density at radius 3 is 2.22 bits per heavy atom. The Kier molecular flexibility index (Phi) is 7.11. The first-order valence-electron chi connectivity index (χ1n) is 8.57. The summed E-state index contributed by atoms with van der Waals surface area (Å²) in [6.07, 6.45) is 3.02. The molecule has 142 valence electrons. The van der Waals surface area contributed by atoms with Crippen molar-refractivity contribution in [3.05, 3.63) is 71.6 Å². The summed E-state index contributed by atoms with van der Waals surface area (Å²) in [7, 11) is 1.58. The van der Waals surface area contributed by atoms with E-state index in [9.17, 15) is 14.0 Å². The van der Waals surface area contributed by atoms with Gasteiger partial charge < -0.3 is 15.4 Å². The number of nitrogens with one attached hydrogen (secondary N) is 2. The van der Waals surface area contributed by atoms with Crippen LogP contribution in [0.15, 0.2) is 54.6 Å². The number of benzene rings is 2. The topological polar surface area (TPSA) is 67.4 Å². The molecule has 0 radical (unpaired) electrons. The molecule has 0 aliphatic carbocycles. The van der Waals surface area contributed by atoms with E-state index < -0.39 is 6.04 Å². The number of methoxy groups -OCH3 is 1. The lowest BCUT2D eigenvalue weighted by molar-refractivity contribution is -0.127. The lowest BCUT2D eigenvalue weighted by Crippen LogP contribution is -2.45. The predicted molar refractivity (Wildman–Crippen MR) is 103 cm³/mol. The first kappa shape index (κ1) is 20.2. The largest absolute Gasteiger partial charge is 0.497 e. The maximum Gasteiger partial charge on any atom is 0.244 e. The third-order valence-electron chi connectivity index (χ3n) is 4.02. The Balaban J connectivity index is 1.86. The SMILES string of the molecule is COc1ccc(/C=C/C(=O)NC(C)C(=O)NC(C)c2ccc(F)cc2)cc1. The van der Waals surface area contributed by atoms with Gasteiger partial charge in [-0.15, -0.1) is 0 Å². The molecule has 0 aliphatic heterocycles. The molecule has 0 fully saturated rings. The van der Waals surface area contributed by atoms with E-state index in [1.807, 2.05) is 12.1 Å². The van der Waals surface area contributed by atoms with Gasteiger partial charge in [-0.25, -0.2) is 4.39 Å². The third-order valence-corrected chi connectivity index (χ3v) is 4.02. The van der Waals surface area contributed by atoms with Gasteiger partial charge in [-0.05, 0) is 55.3 Å². The summed E-state index contributed by atoms with van der Waals surface area (Å²) >= 11 is 0. The molecule has 0 bridgehead atoms. The van der Waals surface area contributed by atoms with Gasteiger partial charge in [0, 0.05) is 6.08 Å². The van der Waals surface area contributed by atoms with Gasteiger partial charge >= 0.3 is 0 Å². The molecule has 2 aromatic carbocycles. The number of carbonyl (C=O) groups excluding carboxylic acids is 2. The van der Waals surface area contributed by atoms with E-state index >= 15 is 0 Å². The van der Waals surface area contributed by atoms with Crippen LogP contribution in [0.25, 0.3) is 6.08 Å². The van der Waals surface area contributed by atoms with Crippen LogP contribution in [0, 0.1) is 5.82 Å². The predicted octanol–water partition coefficient (Wildman–Crippen LogP) is 3.23. The highest BCUT2D eigenvalue weighted by Crippen LogP contribution is 2.13. The average Bonchev–Trinajstić information content (AvgIpc) is 2.67. The normalized spacial score (nSPS) is 13.0. The van der Waals surface area contributed by atoms with Crippen molar-refractivity contribution in [2.24, 2.45) is 0 Å². The van der Waals surface area contributed by atoms with Crippen LogP contribution in [0.4, 0.5) is 4.39 Å². The van der Waals surface area contributed by atoms with Crippen LogP contribution in [-0.4, -0.2) is 25.0 Å². The second-order valence-corrected chi connectivity index (χ2v) is 6.12. The summed E-state index contributed by atoms with van der Waals surface area (Å²) in [5.74, 6) is -0.292. The van der Waals surface area contributed by atoms with E-state index in [1.165, 1.54) is 18.2 Å². The van der Waals surface area contributed by atoms with Gasteiger partial charge in [0.2, 0.25) is 11.8 Å². The molecular formula is C21H23FN2O3. The van der Waals surface area contributed by atoms with E-state index in [4.69, 9.17) is 4.74 Å². The monoisotopic (exact) mass is 370 g/mol. The molecule has 0 spiro atoms. The number of hydrogen-bond donors (Lipinski definition) is 2. The molecule has 0 aromatic heterocycles. The van der Waals surface area contributed by atoms with Crippen LogP contribution in [-0.2, 0) is 9.59 Å². The standard InChI is InChI=1S/C21H23FN2O3/c1-14(17-7-9-18(22)10-8-17)24-21(26)15(2)23-20(25)13-6-16-4-11-19(27-3)12-5-16/h4-15H,1-3H3,(H,23,25)(H,24,26)/b13-6+. The maximum atomic E-state index is 13.0. The molecule has 6 heteroatoms. The first-order valence-corrected chi connectivity index (χ1v) is 8.57. The van der Waals surface area contributed by atoms with Gasteiger partial charge in [-0.1, -0.05) is 24.3 Å². The second-order valence-electron chi connectivity index (χ2n) is 6.12. The van der Waals surface area contributed by atoms with Crippen LogP contribution in [0.1, 0.15) is 31.0 Å². The molecule has 2 rings (SSSR count). The van der Waals surface area contributed by atoms with Crippen molar-refractivity contribution in [3.63, 3.8) is 0 Å².